The number of nitrogens with zero attached hydrogens (tertiary/aromatic N) is 1. The lowest BCUT2D eigenvalue weighted by Gasteiger charge is -2.31. The van der Waals surface area contributed by atoms with Crippen LogP contribution >= 0.6 is 0 Å². The Morgan fingerprint density at radius 2 is 1.73 bits per heavy atom. The lowest BCUT2D eigenvalue weighted by atomic mass is 10.0. The van der Waals surface area contributed by atoms with E-state index in [4.69, 9.17) is 6.42 Å². The number of hydrogen-bond acceptors (Lipinski definition) is 1. The van der Waals surface area contributed by atoms with E-state index in [0.717, 1.165) is 13.1 Å². The first-order chi connectivity index (χ1) is 7.42. The molecule has 1 aromatic rings. The maximum Gasteiger partial charge on any atom is 0.0968 e. The van der Waals surface area contributed by atoms with Crippen molar-refractivity contribution in [1.29, 1.82) is 0 Å². The second kappa shape index (κ2) is 5.00. The van der Waals surface area contributed by atoms with E-state index in [2.05, 4.69) is 35.1 Å². The zero-order chi connectivity index (χ0) is 10.5. The summed E-state index contributed by atoms with van der Waals surface area (Å²) in [7, 11) is 0. The van der Waals surface area contributed by atoms with Gasteiger partial charge in [-0.2, -0.15) is 0 Å². The van der Waals surface area contributed by atoms with Crippen LogP contribution in [0.3, 0.4) is 0 Å². The van der Waals surface area contributed by atoms with Gasteiger partial charge in [-0.3, -0.25) is 4.90 Å². The molecule has 0 aromatic heterocycles. The van der Waals surface area contributed by atoms with Crippen LogP contribution in [0.2, 0.25) is 0 Å². The Balaban J connectivity index is 2.14. The highest BCUT2D eigenvalue weighted by Gasteiger charge is 2.19. The van der Waals surface area contributed by atoms with Crippen molar-refractivity contribution in [2.45, 2.75) is 25.3 Å². The number of benzene rings is 1. The minimum Gasteiger partial charge on any atom is -0.286 e. The average Bonchev–Trinajstić information content (AvgIpc) is 2.33. The predicted octanol–water partition coefficient (Wildman–Crippen LogP) is 2.85. The quantitative estimate of drug-likeness (QED) is 0.662. The Labute approximate surface area is 92.1 Å². The van der Waals surface area contributed by atoms with Gasteiger partial charge in [0.1, 0.15) is 0 Å². The van der Waals surface area contributed by atoms with E-state index in [9.17, 15) is 0 Å². The third kappa shape index (κ3) is 2.40. The van der Waals surface area contributed by atoms with Gasteiger partial charge in [0, 0.05) is 0 Å². The van der Waals surface area contributed by atoms with Gasteiger partial charge in [-0.05, 0) is 31.5 Å². The molecule has 1 saturated heterocycles. The van der Waals surface area contributed by atoms with Gasteiger partial charge in [0.2, 0.25) is 0 Å². The van der Waals surface area contributed by atoms with Gasteiger partial charge in [0.05, 0.1) is 6.04 Å². The van der Waals surface area contributed by atoms with E-state index in [0.29, 0.717) is 0 Å². The molecule has 2 rings (SSSR count). The topological polar surface area (TPSA) is 3.24 Å². The molecule has 0 spiro atoms. The number of likely N-dealkylation sites (tertiary alicyclic amines) is 1. The summed E-state index contributed by atoms with van der Waals surface area (Å²) in [6.07, 6.45) is 9.56. The van der Waals surface area contributed by atoms with Crippen LogP contribution in [0.1, 0.15) is 30.9 Å². The van der Waals surface area contributed by atoms with Gasteiger partial charge < -0.3 is 0 Å². The minimum absolute atomic E-state index is 0.173. The zero-order valence-electron chi connectivity index (χ0n) is 9.02. The minimum atomic E-state index is 0.173. The van der Waals surface area contributed by atoms with E-state index in [1.165, 1.54) is 24.8 Å². The molecule has 1 aromatic carbocycles. The first kappa shape index (κ1) is 10.3. The van der Waals surface area contributed by atoms with Crippen molar-refractivity contribution in [2.24, 2.45) is 0 Å². The summed E-state index contributed by atoms with van der Waals surface area (Å²) in [6, 6.07) is 10.6. The molecule has 1 nitrogen and oxygen atoms in total. The van der Waals surface area contributed by atoms with E-state index >= 15 is 0 Å². The van der Waals surface area contributed by atoms with Crippen LogP contribution in [0.25, 0.3) is 0 Å². The number of hydrogen-bond donors (Lipinski definition) is 0. The fourth-order valence-electron chi connectivity index (χ4n) is 2.22. The summed E-state index contributed by atoms with van der Waals surface area (Å²) < 4.78 is 0. The Kier molecular flexibility index (Phi) is 3.42. The molecule has 1 unspecified atom stereocenters. The van der Waals surface area contributed by atoms with Gasteiger partial charge in [0.15, 0.2) is 0 Å². The molecular formula is C14H17N. The van der Waals surface area contributed by atoms with E-state index in [-0.39, 0.29) is 6.04 Å². The molecule has 0 N–H and O–H groups in total. The fourth-order valence-corrected chi connectivity index (χ4v) is 2.22. The molecular weight excluding hydrogens is 182 g/mol. The SMILES string of the molecule is C#CC(c1ccccc1)N1CCCCC1. The maximum atomic E-state index is 5.64. The van der Waals surface area contributed by atoms with Crippen LogP contribution < -0.4 is 0 Å². The second-order valence-corrected chi connectivity index (χ2v) is 4.08. The van der Waals surface area contributed by atoms with Crippen LogP contribution in [-0.2, 0) is 0 Å². The standard InChI is InChI=1S/C14H17N/c1-2-14(13-9-5-3-6-10-13)15-11-7-4-8-12-15/h1,3,5-6,9-10,14H,4,7-8,11-12H2. The third-order valence-electron chi connectivity index (χ3n) is 3.03. The van der Waals surface area contributed by atoms with Gasteiger partial charge >= 0.3 is 0 Å². The fraction of sp³-hybridized carbons (Fsp3) is 0.429. The largest absolute Gasteiger partial charge is 0.286 e. The molecule has 1 heterocycles. The average molecular weight is 199 g/mol. The summed E-state index contributed by atoms with van der Waals surface area (Å²) in [6.45, 7) is 2.29. The van der Waals surface area contributed by atoms with Crippen molar-refractivity contribution < 1.29 is 0 Å². The monoisotopic (exact) mass is 199 g/mol. The van der Waals surface area contributed by atoms with Crippen molar-refractivity contribution in [3.8, 4) is 12.3 Å². The predicted molar refractivity (Wildman–Crippen MR) is 63.4 cm³/mol. The smallest absolute Gasteiger partial charge is 0.0968 e. The van der Waals surface area contributed by atoms with Crippen molar-refractivity contribution in [2.75, 3.05) is 13.1 Å². The summed E-state index contributed by atoms with van der Waals surface area (Å²) in [5.74, 6) is 2.91. The van der Waals surface area contributed by atoms with Gasteiger partial charge in [0.25, 0.3) is 0 Å². The van der Waals surface area contributed by atoms with Crippen LogP contribution in [0.15, 0.2) is 30.3 Å². The molecule has 1 aliphatic rings. The second-order valence-electron chi connectivity index (χ2n) is 4.08. The van der Waals surface area contributed by atoms with E-state index < -0.39 is 0 Å². The highest BCUT2D eigenvalue weighted by molar-refractivity contribution is 5.25. The zero-order valence-corrected chi connectivity index (χ0v) is 9.02. The van der Waals surface area contributed by atoms with Crippen LogP contribution in [0, 0.1) is 12.3 Å². The van der Waals surface area contributed by atoms with Crippen molar-refractivity contribution >= 4 is 0 Å². The van der Waals surface area contributed by atoms with Gasteiger partial charge in [-0.1, -0.05) is 42.7 Å². The Morgan fingerprint density at radius 3 is 2.33 bits per heavy atom. The molecule has 1 heteroatoms. The summed E-state index contributed by atoms with van der Waals surface area (Å²) in [4.78, 5) is 2.42. The van der Waals surface area contributed by atoms with E-state index in [1.807, 2.05) is 6.07 Å². The molecule has 0 aliphatic carbocycles. The van der Waals surface area contributed by atoms with Crippen LogP contribution in [0.4, 0.5) is 0 Å². The first-order valence-electron chi connectivity index (χ1n) is 5.67. The molecule has 1 fully saturated rings. The lowest BCUT2D eigenvalue weighted by Crippen LogP contribution is -2.33. The van der Waals surface area contributed by atoms with E-state index in [1.54, 1.807) is 0 Å². The summed E-state index contributed by atoms with van der Waals surface area (Å²) in [5.41, 5.74) is 1.25. The molecule has 0 amide bonds. The Morgan fingerprint density at radius 1 is 1.07 bits per heavy atom. The van der Waals surface area contributed by atoms with Crippen molar-refractivity contribution in [3.63, 3.8) is 0 Å². The summed E-state index contributed by atoms with van der Waals surface area (Å²) >= 11 is 0. The Bertz CT molecular complexity index is 330. The van der Waals surface area contributed by atoms with Gasteiger partial charge in [-0.25, -0.2) is 0 Å². The Hall–Kier alpha value is -1.26. The van der Waals surface area contributed by atoms with Gasteiger partial charge in [-0.15, -0.1) is 6.42 Å². The first-order valence-corrected chi connectivity index (χ1v) is 5.67. The molecule has 0 bridgehead atoms. The number of terminal acetylenes is 1. The molecule has 1 aliphatic heterocycles. The number of rotatable bonds is 2. The van der Waals surface area contributed by atoms with Crippen molar-refractivity contribution in [3.05, 3.63) is 35.9 Å². The highest BCUT2D eigenvalue weighted by Crippen LogP contribution is 2.23. The molecule has 1 atom stereocenters. The van der Waals surface area contributed by atoms with Crippen LogP contribution in [-0.4, -0.2) is 18.0 Å². The molecule has 15 heavy (non-hydrogen) atoms. The molecule has 0 radical (unpaired) electrons. The third-order valence-corrected chi connectivity index (χ3v) is 3.03. The van der Waals surface area contributed by atoms with Crippen LogP contribution in [0.5, 0.6) is 0 Å². The van der Waals surface area contributed by atoms with Crippen molar-refractivity contribution in [1.82, 2.24) is 4.90 Å². The lowest BCUT2D eigenvalue weighted by molar-refractivity contribution is 0.197. The highest BCUT2D eigenvalue weighted by atomic mass is 15.2. The number of piperidine rings is 1. The summed E-state index contributed by atoms with van der Waals surface area (Å²) in [5, 5.41) is 0. The normalized spacial score (nSPS) is 19.4. The molecule has 78 valence electrons. The maximum absolute atomic E-state index is 5.64. The molecule has 0 saturated carbocycles.